The van der Waals surface area contributed by atoms with Crippen LogP contribution in [0, 0.1) is 11.8 Å². The Hall–Kier alpha value is -3.19. The standard InChI is InChI=1S/C28H35N5O2/c1-28(24-4-3-12-29-19-24,31-26(34)23-6-5-22-7-13-30-25(22)18-23)27(35)33-16-10-21(11-17-33)20-8-14-32(2)15-9-20/h3-7,12-13,18-21,30H,8-11,14-17H2,1-2H3,(H,31,34)/t28-/m1/s1. The fourth-order valence-corrected chi connectivity index (χ4v) is 5.79. The van der Waals surface area contributed by atoms with E-state index in [9.17, 15) is 9.59 Å². The molecule has 3 aromatic rings. The molecule has 0 unspecified atom stereocenters. The number of pyridine rings is 1. The Balaban J connectivity index is 1.33. The van der Waals surface area contributed by atoms with Crippen LogP contribution in [0.4, 0.5) is 0 Å². The molecule has 2 N–H and O–H groups in total. The Morgan fingerprint density at radius 3 is 2.43 bits per heavy atom. The number of piperidine rings is 2. The van der Waals surface area contributed by atoms with Gasteiger partial charge < -0.3 is 20.1 Å². The summed E-state index contributed by atoms with van der Waals surface area (Å²) >= 11 is 0. The molecule has 2 saturated heterocycles. The van der Waals surface area contributed by atoms with Crippen LogP contribution in [0.2, 0.25) is 0 Å². The Kier molecular flexibility index (Phi) is 6.60. The number of H-pyrrole nitrogens is 1. The van der Waals surface area contributed by atoms with Gasteiger partial charge >= 0.3 is 0 Å². The van der Waals surface area contributed by atoms with E-state index in [0.717, 1.165) is 42.8 Å². The van der Waals surface area contributed by atoms with Crippen LogP contribution in [0.3, 0.4) is 0 Å². The van der Waals surface area contributed by atoms with E-state index in [4.69, 9.17) is 0 Å². The summed E-state index contributed by atoms with van der Waals surface area (Å²) in [6.07, 6.45) is 9.78. The van der Waals surface area contributed by atoms with Crippen LogP contribution in [0.1, 0.15) is 48.5 Å². The summed E-state index contributed by atoms with van der Waals surface area (Å²) in [6, 6.07) is 11.2. The molecule has 2 aliphatic heterocycles. The maximum Gasteiger partial charge on any atom is 0.252 e. The van der Waals surface area contributed by atoms with Crippen molar-refractivity contribution >= 4 is 22.7 Å². The Bertz CT molecular complexity index is 1180. The van der Waals surface area contributed by atoms with E-state index < -0.39 is 5.54 Å². The SMILES string of the molecule is CN1CCC(C2CCN(C(=O)[C@](C)(NC(=O)c3ccc4cc[nH]c4c3)c3cccnc3)CC2)CC1. The lowest BCUT2D eigenvalue weighted by Gasteiger charge is -2.42. The Labute approximate surface area is 206 Å². The summed E-state index contributed by atoms with van der Waals surface area (Å²) in [4.78, 5) is 39.0. The van der Waals surface area contributed by atoms with Gasteiger partial charge in [0.1, 0.15) is 5.54 Å². The molecule has 2 aliphatic rings. The third-order valence-electron chi connectivity index (χ3n) is 8.10. The van der Waals surface area contributed by atoms with Crippen LogP contribution in [0.5, 0.6) is 0 Å². The average molecular weight is 474 g/mol. The summed E-state index contributed by atoms with van der Waals surface area (Å²) in [5.41, 5.74) is 0.903. The zero-order valence-corrected chi connectivity index (χ0v) is 20.7. The number of hydrogen-bond acceptors (Lipinski definition) is 4. The highest BCUT2D eigenvalue weighted by Gasteiger charge is 2.42. The third-order valence-corrected chi connectivity index (χ3v) is 8.10. The monoisotopic (exact) mass is 473 g/mol. The number of hydrogen-bond donors (Lipinski definition) is 2. The van der Waals surface area contributed by atoms with E-state index in [0.29, 0.717) is 17.0 Å². The molecule has 0 spiro atoms. The zero-order chi connectivity index (χ0) is 24.4. The average Bonchev–Trinajstić information content (AvgIpc) is 3.37. The van der Waals surface area contributed by atoms with Crippen molar-refractivity contribution in [3.63, 3.8) is 0 Å². The van der Waals surface area contributed by atoms with Crippen molar-refractivity contribution in [2.75, 3.05) is 33.2 Å². The highest BCUT2D eigenvalue weighted by atomic mass is 16.2. The van der Waals surface area contributed by atoms with Crippen LogP contribution >= 0.6 is 0 Å². The molecule has 35 heavy (non-hydrogen) atoms. The summed E-state index contributed by atoms with van der Waals surface area (Å²) < 4.78 is 0. The van der Waals surface area contributed by atoms with Crippen LogP contribution in [-0.2, 0) is 10.3 Å². The van der Waals surface area contributed by atoms with Crippen molar-refractivity contribution in [3.8, 4) is 0 Å². The molecule has 0 radical (unpaired) electrons. The molecular formula is C28H35N5O2. The van der Waals surface area contributed by atoms with E-state index in [1.54, 1.807) is 25.4 Å². The van der Waals surface area contributed by atoms with E-state index in [-0.39, 0.29) is 11.8 Å². The lowest BCUT2D eigenvalue weighted by Crippen LogP contribution is -2.57. The molecule has 1 aromatic carbocycles. The van der Waals surface area contributed by atoms with Gasteiger partial charge in [0.15, 0.2) is 0 Å². The highest BCUT2D eigenvalue weighted by Crippen LogP contribution is 2.34. The first-order valence-corrected chi connectivity index (χ1v) is 12.7. The van der Waals surface area contributed by atoms with E-state index >= 15 is 0 Å². The second-order valence-corrected chi connectivity index (χ2v) is 10.4. The maximum absolute atomic E-state index is 14.0. The van der Waals surface area contributed by atoms with Gasteiger partial charge in [-0.2, -0.15) is 0 Å². The normalized spacial score (nSPS) is 20.0. The minimum Gasteiger partial charge on any atom is -0.361 e. The lowest BCUT2D eigenvalue weighted by molar-refractivity contribution is -0.139. The van der Waals surface area contributed by atoms with Crippen molar-refractivity contribution in [1.29, 1.82) is 0 Å². The first kappa shape index (κ1) is 23.5. The van der Waals surface area contributed by atoms with Crippen molar-refractivity contribution < 1.29 is 9.59 Å². The van der Waals surface area contributed by atoms with Gasteiger partial charge in [-0.05, 0) is 94.2 Å². The summed E-state index contributed by atoms with van der Waals surface area (Å²) in [5, 5.41) is 4.11. The first-order valence-electron chi connectivity index (χ1n) is 12.7. The predicted molar refractivity (Wildman–Crippen MR) is 137 cm³/mol. The van der Waals surface area contributed by atoms with E-state index in [1.165, 1.54) is 25.9 Å². The number of fused-ring (bicyclic) bond motifs is 1. The van der Waals surface area contributed by atoms with E-state index in [2.05, 4.69) is 27.2 Å². The fourth-order valence-electron chi connectivity index (χ4n) is 5.79. The molecular weight excluding hydrogens is 438 g/mol. The third kappa shape index (κ3) is 4.82. The first-order chi connectivity index (χ1) is 16.9. The zero-order valence-electron chi connectivity index (χ0n) is 20.7. The van der Waals surface area contributed by atoms with Gasteiger partial charge in [0.25, 0.3) is 11.8 Å². The number of rotatable bonds is 5. The smallest absolute Gasteiger partial charge is 0.252 e. The van der Waals surface area contributed by atoms with Gasteiger partial charge in [0, 0.05) is 48.3 Å². The molecule has 184 valence electrons. The number of nitrogens with zero attached hydrogens (tertiary/aromatic N) is 3. The topological polar surface area (TPSA) is 81.3 Å². The number of benzene rings is 1. The molecule has 0 aliphatic carbocycles. The molecule has 2 amide bonds. The Morgan fingerprint density at radius 2 is 1.74 bits per heavy atom. The van der Waals surface area contributed by atoms with Crippen LogP contribution in [0.15, 0.2) is 55.0 Å². The molecule has 1 atom stereocenters. The quantitative estimate of drug-likeness (QED) is 0.591. The minimum atomic E-state index is -1.20. The molecule has 7 nitrogen and oxygen atoms in total. The van der Waals surface area contributed by atoms with Crippen LogP contribution < -0.4 is 5.32 Å². The summed E-state index contributed by atoms with van der Waals surface area (Å²) in [5.74, 6) is 1.10. The summed E-state index contributed by atoms with van der Waals surface area (Å²) in [7, 11) is 2.20. The molecule has 2 fully saturated rings. The number of amides is 2. The van der Waals surface area contributed by atoms with Crippen LogP contribution in [-0.4, -0.2) is 64.8 Å². The molecule has 0 bridgehead atoms. The lowest BCUT2D eigenvalue weighted by atomic mass is 9.78. The van der Waals surface area contributed by atoms with Crippen LogP contribution in [0.25, 0.3) is 10.9 Å². The molecule has 2 aromatic heterocycles. The summed E-state index contributed by atoms with van der Waals surface area (Å²) in [6.45, 7) is 5.61. The van der Waals surface area contributed by atoms with Gasteiger partial charge in [-0.25, -0.2) is 0 Å². The Morgan fingerprint density at radius 1 is 1.03 bits per heavy atom. The van der Waals surface area contributed by atoms with Crippen molar-refractivity contribution in [3.05, 3.63) is 66.1 Å². The molecule has 7 heteroatoms. The number of nitrogens with one attached hydrogen (secondary N) is 2. The van der Waals surface area contributed by atoms with Gasteiger partial charge in [-0.15, -0.1) is 0 Å². The number of carbonyl (C=O) groups excluding carboxylic acids is 2. The minimum absolute atomic E-state index is 0.0679. The van der Waals surface area contributed by atoms with Gasteiger partial charge in [0.2, 0.25) is 0 Å². The van der Waals surface area contributed by atoms with Gasteiger partial charge in [0.05, 0.1) is 0 Å². The highest BCUT2D eigenvalue weighted by molar-refractivity contribution is 6.01. The number of carbonyl (C=O) groups is 2. The second kappa shape index (κ2) is 9.82. The van der Waals surface area contributed by atoms with E-state index in [1.807, 2.05) is 41.4 Å². The second-order valence-electron chi connectivity index (χ2n) is 10.4. The van der Waals surface area contributed by atoms with Crippen molar-refractivity contribution in [1.82, 2.24) is 25.1 Å². The van der Waals surface area contributed by atoms with Crippen molar-refractivity contribution in [2.24, 2.45) is 11.8 Å². The number of aromatic nitrogens is 2. The van der Waals surface area contributed by atoms with Gasteiger partial charge in [-0.1, -0.05) is 12.1 Å². The molecule has 5 rings (SSSR count). The number of likely N-dealkylation sites (tertiary alicyclic amines) is 2. The predicted octanol–water partition coefficient (Wildman–Crippen LogP) is 3.79. The fraction of sp³-hybridized carbons (Fsp3) is 0.464. The number of aromatic amines is 1. The van der Waals surface area contributed by atoms with Gasteiger partial charge in [-0.3, -0.25) is 14.6 Å². The molecule has 4 heterocycles. The van der Waals surface area contributed by atoms with Crippen molar-refractivity contribution in [2.45, 2.75) is 38.1 Å². The maximum atomic E-state index is 14.0. The molecule has 0 saturated carbocycles. The largest absolute Gasteiger partial charge is 0.361 e.